The number of benzene rings is 1. The normalized spacial score (nSPS) is 20.2. The van der Waals surface area contributed by atoms with Crippen LogP contribution in [0.4, 0.5) is 9.93 Å². The molecule has 2 aromatic rings. The number of nitrogens with one attached hydrogen (secondary N) is 1. The molecule has 1 saturated heterocycles. The van der Waals surface area contributed by atoms with E-state index in [0.29, 0.717) is 0 Å². The summed E-state index contributed by atoms with van der Waals surface area (Å²) < 4.78 is 0. The molecular weight excluding hydrogens is 330 g/mol. The van der Waals surface area contributed by atoms with Gasteiger partial charge in [0.05, 0.1) is 11.7 Å². The molecule has 1 aromatic heterocycles. The van der Waals surface area contributed by atoms with Crippen LogP contribution in [0.2, 0.25) is 0 Å². The fourth-order valence-corrected chi connectivity index (χ4v) is 5.08. The van der Waals surface area contributed by atoms with Crippen molar-refractivity contribution in [2.45, 2.75) is 57.9 Å². The van der Waals surface area contributed by atoms with Gasteiger partial charge in [0.15, 0.2) is 5.13 Å². The molecule has 25 heavy (non-hydrogen) atoms. The zero-order valence-electron chi connectivity index (χ0n) is 14.8. The Morgan fingerprint density at radius 3 is 2.92 bits per heavy atom. The highest BCUT2D eigenvalue weighted by atomic mass is 32.1. The molecule has 2 heterocycles. The Balaban J connectivity index is 1.50. The van der Waals surface area contributed by atoms with Crippen LogP contribution >= 0.6 is 11.3 Å². The Morgan fingerprint density at radius 1 is 1.20 bits per heavy atom. The Hall–Kier alpha value is -1.88. The highest BCUT2D eigenvalue weighted by molar-refractivity contribution is 7.15. The van der Waals surface area contributed by atoms with Crippen molar-refractivity contribution in [2.24, 2.45) is 0 Å². The maximum Gasteiger partial charge on any atom is 0.324 e. The zero-order chi connectivity index (χ0) is 17.2. The standard InChI is InChI=1S/C20H25N3OS/c1-14-8-5-6-9-15(14)17-11-7-13-23(17)20(24)22-19-21-16-10-3-2-4-12-18(16)25-19/h5-6,8-9,17H,2-4,7,10-13H2,1H3,(H,21,22,24). The summed E-state index contributed by atoms with van der Waals surface area (Å²) in [4.78, 5) is 20.9. The maximum absolute atomic E-state index is 12.9. The third kappa shape index (κ3) is 3.43. The topological polar surface area (TPSA) is 45.2 Å². The summed E-state index contributed by atoms with van der Waals surface area (Å²) in [5.41, 5.74) is 3.73. The number of aryl methyl sites for hydroxylation is 3. The molecule has 1 aliphatic heterocycles. The molecule has 2 amide bonds. The van der Waals surface area contributed by atoms with Crippen molar-refractivity contribution in [3.63, 3.8) is 0 Å². The minimum atomic E-state index is -0.00494. The van der Waals surface area contributed by atoms with E-state index in [4.69, 9.17) is 4.98 Å². The van der Waals surface area contributed by atoms with Crippen molar-refractivity contribution in [2.75, 3.05) is 11.9 Å². The van der Waals surface area contributed by atoms with Gasteiger partial charge in [-0.25, -0.2) is 9.78 Å². The van der Waals surface area contributed by atoms with Gasteiger partial charge in [0.1, 0.15) is 0 Å². The van der Waals surface area contributed by atoms with Crippen LogP contribution in [0, 0.1) is 6.92 Å². The van der Waals surface area contributed by atoms with Crippen LogP contribution in [0.15, 0.2) is 24.3 Å². The molecule has 0 bridgehead atoms. The van der Waals surface area contributed by atoms with Gasteiger partial charge < -0.3 is 4.90 Å². The number of fused-ring (bicyclic) bond motifs is 1. The molecule has 1 unspecified atom stereocenters. The molecule has 5 heteroatoms. The number of carbonyl (C=O) groups excluding carboxylic acids is 1. The predicted molar refractivity (Wildman–Crippen MR) is 102 cm³/mol. The predicted octanol–water partition coefficient (Wildman–Crippen LogP) is 5.09. The van der Waals surface area contributed by atoms with E-state index in [2.05, 4.69) is 36.5 Å². The minimum Gasteiger partial charge on any atom is -0.317 e. The number of rotatable bonds is 2. The van der Waals surface area contributed by atoms with E-state index in [1.807, 2.05) is 4.90 Å². The maximum atomic E-state index is 12.9. The van der Waals surface area contributed by atoms with E-state index >= 15 is 0 Å². The van der Waals surface area contributed by atoms with Gasteiger partial charge in [0.2, 0.25) is 0 Å². The molecule has 4 rings (SSSR count). The lowest BCUT2D eigenvalue weighted by molar-refractivity contribution is 0.207. The second kappa shape index (κ2) is 7.16. The highest BCUT2D eigenvalue weighted by Gasteiger charge is 2.31. The molecule has 1 atom stereocenters. The largest absolute Gasteiger partial charge is 0.324 e. The van der Waals surface area contributed by atoms with E-state index in [0.717, 1.165) is 37.4 Å². The molecule has 1 aromatic carbocycles. The molecule has 0 spiro atoms. The van der Waals surface area contributed by atoms with Gasteiger partial charge in [-0.15, -0.1) is 11.3 Å². The summed E-state index contributed by atoms with van der Waals surface area (Å²) in [6, 6.07) is 8.57. The van der Waals surface area contributed by atoms with Crippen LogP contribution in [0.3, 0.4) is 0 Å². The van der Waals surface area contributed by atoms with Crippen LogP contribution in [0.5, 0.6) is 0 Å². The summed E-state index contributed by atoms with van der Waals surface area (Å²) >= 11 is 1.67. The number of carbonyl (C=O) groups is 1. The fourth-order valence-electron chi connectivity index (χ4n) is 4.04. The molecule has 0 radical (unpaired) electrons. The molecule has 2 aliphatic rings. The van der Waals surface area contributed by atoms with Crippen LogP contribution in [-0.4, -0.2) is 22.5 Å². The number of anilines is 1. The summed E-state index contributed by atoms with van der Waals surface area (Å²) in [5.74, 6) is 0. The van der Waals surface area contributed by atoms with E-state index in [1.165, 1.54) is 41.0 Å². The first-order valence-corrected chi connectivity index (χ1v) is 10.2. The number of amides is 2. The van der Waals surface area contributed by atoms with Gasteiger partial charge in [0, 0.05) is 11.4 Å². The molecular formula is C20H25N3OS. The number of nitrogens with zero attached hydrogens (tertiary/aromatic N) is 2. The third-order valence-electron chi connectivity index (χ3n) is 5.37. The van der Waals surface area contributed by atoms with Gasteiger partial charge in [0.25, 0.3) is 0 Å². The lowest BCUT2D eigenvalue weighted by Gasteiger charge is -2.26. The molecule has 0 saturated carbocycles. The fraction of sp³-hybridized carbons (Fsp3) is 0.500. The Bertz CT molecular complexity index is 747. The molecule has 1 fully saturated rings. The Morgan fingerprint density at radius 2 is 2.04 bits per heavy atom. The van der Waals surface area contributed by atoms with Crippen molar-refractivity contribution in [1.82, 2.24) is 9.88 Å². The summed E-state index contributed by atoms with van der Waals surface area (Å²) in [6.45, 7) is 2.94. The first-order chi connectivity index (χ1) is 12.2. The van der Waals surface area contributed by atoms with E-state index in [1.54, 1.807) is 11.3 Å². The first kappa shape index (κ1) is 16.6. The van der Waals surface area contributed by atoms with Crippen molar-refractivity contribution < 1.29 is 4.79 Å². The average molecular weight is 356 g/mol. The average Bonchev–Trinajstić information content (AvgIpc) is 3.17. The quantitative estimate of drug-likeness (QED) is 0.763. The summed E-state index contributed by atoms with van der Waals surface area (Å²) in [6.07, 6.45) is 8.00. The smallest absolute Gasteiger partial charge is 0.317 e. The summed E-state index contributed by atoms with van der Waals surface area (Å²) in [7, 11) is 0. The number of likely N-dealkylation sites (tertiary alicyclic amines) is 1. The summed E-state index contributed by atoms with van der Waals surface area (Å²) in [5, 5.41) is 3.85. The third-order valence-corrected chi connectivity index (χ3v) is 6.44. The minimum absolute atomic E-state index is 0.00494. The number of hydrogen-bond acceptors (Lipinski definition) is 3. The Kier molecular flexibility index (Phi) is 4.75. The number of thiazole rings is 1. The molecule has 132 valence electrons. The van der Waals surface area contributed by atoms with E-state index < -0.39 is 0 Å². The van der Waals surface area contributed by atoms with E-state index in [-0.39, 0.29) is 12.1 Å². The van der Waals surface area contributed by atoms with Crippen molar-refractivity contribution in [3.8, 4) is 0 Å². The van der Waals surface area contributed by atoms with Gasteiger partial charge >= 0.3 is 6.03 Å². The molecule has 1 N–H and O–H groups in total. The number of urea groups is 1. The zero-order valence-corrected chi connectivity index (χ0v) is 15.6. The van der Waals surface area contributed by atoms with Gasteiger partial charge in [-0.05, 0) is 56.6 Å². The van der Waals surface area contributed by atoms with Crippen LogP contribution in [-0.2, 0) is 12.8 Å². The number of aromatic nitrogens is 1. The van der Waals surface area contributed by atoms with Crippen molar-refractivity contribution in [3.05, 3.63) is 46.0 Å². The lowest BCUT2D eigenvalue weighted by Crippen LogP contribution is -2.34. The molecule has 1 aliphatic carbocycles. The van der Waals surface area contributed by atoms with Crippen LogP contribution < -0.4 is 5.32 Å². The first-order valence-electron chi connectivity index (χ1n) is 9.34. The van der Waals surface area contributed by atoms with Crippen molar-refractivity contribution >= 4 is 22.5 Å². The SMILES string of the molecule is Cc1ccccc1C1CCCN1C(=O)Nc1nc2c(s1)CCCCC2. The molecule has 4 nitrogen and oxygen atoms in total. The van der Waals surface area contributed by atoms with E-state index in [9.17, 15) is 4.79 Å². The van der Waals surface area contributed by atoms with Gasteiger partial charge in [-0.1, -0.05) is 30.7 Å². The van der Waals surface area contributed by atoms with Crippen LogP contribution in [0.25, 0.3) is 0 Å². The second-order valence-corrected chi connectivity index (χ2v) is 8.17. The highest BCUT2D eigenvalue weighted by Crippen LogP contribution is 2.35. The van der Waals surface area contributed by atoms with Gasteiger partial charge in [-0.2, -0.15) is 0 Å². The second-order valence-electron chi connectivity index (χ2n) is 7.09. The monoisotopic (exact) mass is 355 g/mol. The van der Waals surface area contributed by atoms with Crippen molar-refractivity contribution in [1.29, 1.82) is 0 Å². The Labute approximate surface area is 153 Å². The number of hydrogen-bond donors (Lipinski definition) is 1. The van der Waals surface area contributed by atoms with Gasteiger partial charge in [-0.3, -0.25) is 5.32 Å². The van der Waals surface area contributed by atoms with Crippen LogP contribution in [0.1, 0.15) is 59.8 Å². The lowest BCUT2D eigenvalue weighted by atomic mass is 9.99.